The molecule has 0 aliphatic rings. The van der Waals surface area contributed by atoms with Crippen LogP contribution in [0.25, 0.3) is 0 Å². The van der Waals surface area contributed by atoms with Crippen molar-refractivity contribution < 1.29 is 36.1 Å². The number of nitrogens with zero attached hydrogens (tertiary/aromatic N) is 1. The number of nitro groups is 1. The van der Waals surface area contributed by atoms with Gasteiger partial charge >= 0.3 is 12.4 Å². The van der Waals surface area contributed by atoms with Crippen LogP contribution >= 0.6 is 23.2 Å². The van der Waals surface area contributed by atoms with E-state index in [1.54, 1.807) is 0 Å². The fourth-order valence-corrected chi connectivity index (χ4v) is 2.03. The average molecular weight is 385 g/mol. The van der Waals surface area contributed by atoms with Crippen LogP contribution in [-0.2, 0) is 4.79 Å². The highest BCUT2D eigenvalue weighted by Crippen LogP contribution is 2.41. The Kier molecular flexibility index (Phi) is 5.37. The molecular weight excluding hydrogens is 381 g/mol. The van der Waals surface area contributed by atoms with Crippen molar-refractivity contribution in [1.29, 1.82) is 0 Å². The van der Waals surface area contributed by atoms with Crippen molar-refractivity contribution in [2.45, 2.75) is 12.4 Å². The quantitative estimate of drug-likeness (QED) is 0.470. The Hall–Kier alpha value is -1.75. The van der Waals surface area contributed by atoms with E-state index in [2.05, 4.69) is 0 Å². The minimum Gasteiger partial charge on any atom is -0.323 e. The predicted octanol–water partition coefficient (Wildman–Crippen LogP) is 4.58. The summed E-state index contributed by atoms with van der Waals surface area (Å²) in [6.07, 6.45) is -11.8. The summed E-state index contributed by atoms with van der Waals surface area (Å²) in [4.78, 5) is 20.9. The molecule has 0 fully saturated rings. The zero-order chi connectivity index (χ0) is 18.2. The maximum Gasteiger partial charge on any atom is 0.409 e. The second-order valence-electron chi connectivity index (χ2n) is 4.05. The van der Waals surface area contributed by atoms with Crippen LogP contribution < -0.4 is 5.32 Å². The van der Waals surface area contributed by atoms with Gasteiger partial charge in [-0.3, -0.25) is 14.9 Å². The molecule has 0 atom stereocenters. The molecule has 23 heavy (non-hydrogen) atoms. The molecule has 0 aliphatic carbocycles. The smallest absolute Gasteiger partial charge is 0.323 e. The summed E-state index contributed by atoms with van der Waals surface area (Å²) in [7, 11) is 0. The first kappa shape index (κ1) is 19.3. The van der Waals surface area contributed by atoms with Gasteiger partial charge in [0.25, 0.3) is 5.69 Å². The van der Waals surface area contributed by atoms with Crippen LogP contribution in [0.2, 0.25) is 10.0 Å². The highest BCUT2D eigenvalue weighted by molar-refractivity contribution is 6.40. The maximum absolute atomic E-state index is 12.4. The number of halogens is 8. The molecule has 1 aromatic carbocycles. The van der Waals surface area contributed by atoms with Crippen LogP contribution in [0.15, 0.2) is 12.1 Å². The Bertz CT molecular complexity index is 609. The molecule has 0 aromatic heterocycles. The first-order valence-electron chi connectivity index (χ1n) is 5.33. The molecule has 0 radical (unpaired) electrons. The number of rotatable bonds is 3. The number of hydrogen-bond acceptors (Lipinski definition) is 3. The van der Waals surface area contributed by atoms with E-state index in [-0.39, 0.29) is 0 Å². The van der Waals surface area contributed by atoms with E-state index in [1.165, 1.54) is 5.32 Å². The number of anilines is 1. The molecule has 1 amide bonds. The van der Waals surface area contributed by atoms with Gasteiger partial charge in [0.15, 0.2) is 0 Å². The number of nitrogens with one attached hydrogen (secondary N) is 1. The number of alkyl halides is 6. The normalized spacial score (nSPS) is 12.4. The third-order valence-corrected chi connectivity index (χ3v) is 3.00. The molecule has 0 heterocycles. The summed E-state index contributed by atoms with van der Waals surface area (Å²) in [5, 5.41) is 10.4. The third-order valence-electron chi connectivity index (χ3n) is 2.40. The Morgan fingerprint density at radius 3 is 1.78 bits per heavy atom. The molecule has 5 nitrogen and oxygen atoms in total. The number of carbonyl (C=O) groups excluding carboxylic acids is 1. The van der Waals surface area contributed by atoms with Crippen LogP contribution in [0, 0.1) is 16.0 Å². The van der Waals surface area contributed by atoms with Gasteiger partial charge in [-0.2, -0.15) is 26.3 Å². The third kappa shape index (κ3) is 4.61. The van der Waals surface area contributed by atoms with Crippen molar-refractivity contribution in [1.82, 2.24) is 0 Å². The van der Waals surface area contributed by atoms with E-state index in [9.17, 15) is 41.3 Å². The van der Waals surface area contributed by atoms with Crippen LogP contribution in [0.1, 0.15) is 0 Å². The van der Waals surface area contributed by atoms with Gasteiger partial charge in [-0.1, -0.05) is 23.2 Å². The van der Waals surface area contributed by atoms with Crippen molar-refractivity contribution in [3.63, 3.8) is 0 Å². The van der Waals surface area contributed by atoms with E-state index in [1.807, 2.05) is 0 Å². The van der Waals surface area contributed by atoms with Gasteiger partial charge in [0, 0.05) is 12.1 Å². The lowest BCUT2D eigenvalue weighted by Crippen LogP contribution is -2.45. The van der Waals surface area contributed by atoms with E-state index < -0.39 is 50.5 Å². The topological polar surface area (TPSA) is 72.2 Å². The molecule has 0 aliphatic heterocycles. The van der Waals surface area contributed by atoms with E-state index in [0.717, 1.165) is 0 Å². The Balaban J connectivity index is 3.21. The Morgan fingerprint density at radius 2 is 1.48 bits per heavy atom. The monoisotopic (exact) mass is 384 g/mol. The molecule has 0 bridgehead atoms. The lowest BCUT2D eigenvalue weighted by molar-refractivity contribution is -0.384. The zero-order valence-electron chi connectivity index (χ0n) is 10.4. The first-order chi connectivity index (χ1) is 10.2. The van der Waals surface area contributed by atoms with Gasteiger partial charge in [-0.05, 0) is 0 Å². The molecule has 1 rings (SSSR count). The van der Waals surface area contributed by atoms with E-state index in [4.69, 9.17) is 23.2 Å². The van der Waals surface area contributed by atoms with Gasteiger partial charge in [0.1, 0.15) is 0 Å². The molecular formula is C10H4Cl2F6N2O3. The first-order valence-corrected chi connectivity index (χ1v) is 6.08. The molecule has 13 heteroatoms. The summed E-state index contributed by atoms with van der Waals surface area (Å²) in [6.45, 7) is 0. The fraction of sp³-hybridized carbons (Fsp3) is 0.300. The summed E-state index contributed by atoms with van der Waals surface area (Å²) in [5.74, 6) is -6.78. The number of nitro benzene ring substituents is 1. The fourth-order valence-electron chi connectivity index (χ4n) is 1.46. The summed E-state index contributed by atoms with van der Waals surface area (Å²) in [5.41, 5.74) is -1.47. The molecule has 0 spiro atoms. The number of benzene rings is 1. The summed E-state index contributed by atoms with van der Waals surface area (Å²) < 4.78 is 74.4. The van der Waals surface area contributed by atoms with Crippen molar-refractivity contribution >= 4 is 40.5 Å². The van der Waals surface area contributed by atoms with Gasteiger partial charge < -0.3 is 5.32 Å². The van der Waals surface area contributed by atoms with E-state index >= 15 is 0 Å². The lowest BCUT2D eigenvalue weighted by Gasteiger charge is -2.22. The van der Waals surface area contributed by atoms with Gasteiger partial charge in [-0.25, -0.2) is 0 Å². The largest absolute Gasteiger partial charge is 0.409 e. The number of amides is 1. The number of hydrogen-bond donors (Lipinski definition) is 1. The minimum absolute atomic E-state index is 0.610. The van der Waals surface area contributed by atoms with Gasteiger partial charge in [0.2, 0.25) is 11.8 Å². The molecule has 1 aromatic rings. The summed E-state index contributed by atoms with van der Waals surface area (Å²) in [6, 6.07) is 1.22. The Labute approximate surface area is 133 Å². The molecule has 1 N–H and O–H groups in total. The average Bonchev–Trinajstić information content (AvgIpc) is 2.29. The predicted molar refractivity (Wildman–Crippen MR) is 67.3 cm³/mol. The van der Waals surface area contributed by atoms with Gasteiger partial charge in [-0.15, -0.1) is 0 Å². The zero-order valence-corrected chi connectivity index (χ0v) is 11.9. The van der Waals surface area contributed by atoms with Crippen LogP contribution in [0.3, 0.4) is 0 Å². The lowest BCUT2D eigenvalue weighted by atomic mass is 10.1. The van der Waals surface area contributed by atoms with Crippen LogP contribution in [0.5, 0.6) is 0 Å². The van der Waals surface area contributed by atoms with Crippen molar-refractivity contribution in [3.8, 4) is 0 Å². The molecule has 128 valence electrons. The van der Waals surface area contributed by atoms with Crippen LogP contribution in [0.4, 0.5) is 37.7 Å². The maximum atomic E-state index is 12.4. The SMILES string of the molecule is O=C(Nc1c(Cl)cc([N+](=O)[O-])cc1Cl)C(C(F)(F)F)C(F)(F)F. The summed E-state index contributed by atoms with van der Waals surface area (Å²) >= 11 is 11.0. The number of carbonyl (C=O) groups is 1. The second-order valence-corrected chi connectivity index (χ2v) is 4.86. The Morgan fingerprint density at radius 1 is 1.09 bits per heavy atom. The second kappa shape index (κ2) is 6.40. The minimum atomic E-state index is -5.90. The highest BCUT2D eigenvalue weighted by Gasteiger charge is 2.61. The van der Waals surface area contributed by atoms with Gasteiger partial charge in [0.05, 0.1) is 20.7 Å². The molecule has 0 saturated carbocycles. The van der Waals surface area contributed by atoms with Crippen molar-refractivity contribution in [2.24, 2.45) is 5.92 Å². The highest BCUT2D eigenvalue weighted by atomic mass is 35.5. The van der Waals surface area contributed by atoms with Crippen molar-refractivity contribution in [2.75, 3.05) is 5.32 Å². The molecule has 0 unspecified atom stereocenters. The van der Waals surface area contributed by atoms with E-state index in [0.29, 0.717) is 12.1 Å². The molecule has 0 saturated heterocycles. The van der Waals surface area contributed by atoms with Crippen molar-refractivity contribution in [3.05, 3.63) is 32.3 Å². The van der Waals surface area contributed by atoms with Crippen LogP contribution in [-0.4, -0.2) is 23.2 Å². The standard InChI is InChI=1S/C10H4Cl2F6N2O3/c11-4-1-3(20(22)23)2-5(12)6(4)19-8(21)7(9(13,14)15)10(16,17)18/h1-2,7H,(H,19,21). The number of non-ortho nitro benzene ring substituents is 1.